The van der Waals surface area contributed by atoms with Crippen LogP contribution in [0.4, 0.5) is 0 Å². The van der Waals surface area contributed by atoms with Gasteiger partial charge in [0.2, 0.25) is 0 Å². The summed E-state index contributed by atoms with van der Waals surface area (Å²) in [4.78, 5) is 25.7. The summed E-state index contributed by atoms with van der Waals surface area (Å²) in [6.07, 6.45) is 1.04. The Morgan fingerprint density at radius 2 is 1.63 bits per heavy atom. The summed E-state index contributed by atoms with van der Waals surface area (Å²) >= 11 is 5.48. The van der Waals surface area contributed by atoms with Crippen LogP contribution in [0.2, 0.25) is 0 Å². The Labute approximate surface area is 181 Å². The molecule has 0 aliphatic rings. The van der Waals surface area contributed by atoms with Crippen molar-refractivity contribution in [2.75, 3.05) is 14.2 Å². The minimum Gasteiger partial charge on any atom is -0.466 e. The zero-order valence-corrected chi connectivity index (χ0v) is 17.8. The summed E-state index contributed by atoms with van der Waals surface area (Å²) in [5.74, 6) is -1.44. The highest BCUT2D eigenvalue weighted by molar-refractivity contribution is 7.80. The van der Waals surface area contributed by atoms with E-state index in [0.29, 0.717) is 5.71 Å². The van der Waals surface area contributed by atoms with Crippen LogP contribution in [0.15, 0.2) is 77.5 Å². The molecule has 0 aromatic heterocycles. The van der Waals surface area contributed by atoms with Crippen LogP contribution in [0.25, 0.3) is 0 Å². The molecule has 0 aliphatic carbocycles. The summed E-state index contributed by atoms with van der Waals surface area (Å²) < 4.78 is 9.51. The van der Waals surface area contributed by atoms with Gasteiger partial charge in [0.15, 0.2) is 5.11 Å². The van der Waals surface area contributed by atoms with E-state index in [1.54, 1.807) is 0 Å². The minimum absolute atomic E-state index is 0.0710. The molecule has 0 atom stereocenters. The molecule has 8 heteroatoms. The summed E-state index contributed by atoms with van der Waals surface area (Å²) in [5.41, 5.74) is 5.21. The number of rotatable bonds is 7. The fraction of sp³-hybridized carbons (Fsp3) is 0.182. The first-order valence-electron chi connectivity index (χ1n) is 9.05. The van der Waals surface area contributed by atoms with E-state index in [2.05, 4.69) is 15.3 Å². The Morgan fingerprint density at radius 1 is 1.03 bits per heavy atom. The molecular weight excluding hydrogens is 402 g/mol. The Bertz CT molecular complexity index is 943. The summed E-state index contributed by atoms with van der Waals surface area (Å²) in [6.45, 7) is 2.04. The van der Waals surface area contributed by atoms with Gasteiger partial charge in [-0.05, 0) is 30.3 Å². The van der Waals surface area contributed by atoms with Crippen LogP contribution in [-0.2, 0) is 25.6 Å². The molecule has 0 aliphatic heterocycles. The number of thiocarbonyl (C=S) groups is 1. The SMILES string of the molecule is COC(=O)/C=C(/C(=O)OC)N(Cc1ccccc1)C(=S)N/N=C(\C)c1ccccc1. The van der Waals surface area contributed by atoms with E-state index in [9.17, 15) is 9.59 Å². The molecule has 2 rings (SSSR count). The van der Waals surface area contributed by atoms with Crippen LogP contribution >= 0.6 is 12.2 Å². The Hall–Kier alpha value is -3.52. The number of ether oxygens (including phenoxy) is 2. The first-order chi connectivity index (χ1) is 14.5. The zero-order chi connectivity index (χ0) is 21.9. The number of carbonyl (C=O) groups is 2. The quantitative estimate of drug-likeness (QED) is 0.240. The van der Waals surface area contributed by atoms with Gasteiger partial charge in [-0.25, -0.2) is 9.59 Å². The van der Waals surface area contributed by atoms with Crippen molar-refractivity contribution in [3.63, 3.8) is 0 Å². The van der Waals surface area contributed by atoms with Crippen LogP contribution in [0.1, 0.15) is 18.1 Å². The van der Waals surface area contributed by atoms with Gasteiger partial charge in [0.05, 0.1) is 32.6 Å². The number of hydrazone groups is 1. The van der Waals surface area contributed by atoms with Gasteiger partial charge in [-0.3, -0.25) is 5.43 Å². The molecule has 0 saturated carbocycles. The predicted octanol–water partition coefficient (Wildman–Crippen LogP) is 3.02. The van der Waals surface area contributed by atoms with Crippen LogP contribution in [0, 0.1) is 0 Å². The van der Waals surface area contributed by atoms with Gasteiger partial charge in [0, 0.05) is 0 Å². The van der Waals surface area contributed by atoms with E-state index in [1.165, 1.54) is 19.1 Å². The average molecular weight is 426 g/mol. The molecule has 0 heterocycles. The molecule has 0 amide bonds. The number of hydrogen-bond donors (Lipinski definition) is 1. The monoisotopic (exact) mass is 425 g/mol. The lowest BCUT2D eigenvalue weighted by Gasteiger charge is -2.25. The van der Waals surface area contributed by atoms with Crippen molar-refractivity contribution in [2.45, 2.75) is 13.5 Å². The third kappa shape index (κ3) is 6.52. The molecule has 0 saturated heterocycles. The van der Waals surface area contributed by atoms with Gasteiger partial charge in [-0.2, -0.15) is 5.10 Å². The fourth-order valence-electron chi connectivity index (χ4n) is 2.49. The maximum atomic E-state index is 12.4. The van der Waals surface area contributed by atoms with E-state index in [4.69, 9.17) is 17.0 Å². The van der Waals surface area contributed by atoms with Crippen LogP contribution in [0.5, 0.6) is 0 Å². The molecule has 0 fully saturated rings. The normalized spacial score (nSPS) is 11.4. The smallest absolute Gasteiger partial charge is 0.355 e. The van der Waals surface area contributed by atoms with E-state index in [1.807, 2.05) is 67.6 Å². The number of hydrogen-bond acceptors (Lipinski definition) is 6. The highest BCUT2D eigenvalue weighted by Crippen LogP contribution is 2.14. The number of nitrogens with one attached hydrogen (secondary N) is 1. The van der Waals surface area contributed by atoms with Crippen molar-refractivity contribution in [2.24, 2.45) is 5.10 Å². The fourth-order valence-corrected chi connectivity index (χ4v) is 2.70. The first-order valence-corrected chi connectivity index (χ1v) is 9.46. The van der Waals surface area contributed by atoms with Gasteiger partial charge in [0.25, 0.3) is 0 Å². The Balaban J connectivity index is 2.36. The summed E-state index contributed by atoms with van der Waals surface area (Å²) in [7, 11) is 2.45. The van der Waals surface area contributed by atoms with Crippen LogP contribution in [0.3, 0.4) is 0 Å². The minimum atomic E-state index is -0.732. The molecule has 156 valence electrons. The van der Waals surface area contributed by atoms with Crippen LogP contribution in [-0.4, -0.2) is 41.9 Å². The Kier molecular flexibility index (Phi) is 8.71. The third-order valence-electron chi connectivity index (χ3n) is 4.08. The molecule has 1 N–H and O–H groups in total. The summed E-state index contributed by atoms with van der Waals surface area (Å²) in [6, 6.07) is 18.9. The molecule has 0 unspecified atom stereocenters. The van der Waals surface area contributed by atoms with Gasteiger partial charge < -0.3 is 14.4 Å². The second-order valence-corrected chi connectivity index (χ2v) is 6.48. The number of carbonyl (C=O) groups excluding carboxylic acids is 2. The number of methoxy groups -OCH3 is 2. The first kappa shape index (κ1) is 22.8. The number of esters is 2. The molecular formula is C22H23N3O4S. The lowest BCUT2D eigenvalue weighted by Crippen LogP contribution is -2.39. The van der Waals surface area contributed by atoms with Gasteiger partial charge in [-0.15, -0.1) is 0 Å². The molecule has 30 heavy (non-hydrogen) atoms. The van der Waals surface area contributed by atoms with Gasteiger partial charge in [-0.1, -0.05) is 60.7 Å². The predicted molar refractivity (Wildman–Crippen MR) is 118 cm³/mol. The second-order valence-electron chi connectivity index (χ2n) is 6.10. The van der Waals surface area contributed by atoms with E-state index in [0.717, 1.165) is 17.2 Å². The van der Waals surface area contributed by atoms with Gasteiger partial charge in [0.1, 0.15) is 5.70 Å². The molecule has 7 nitrogen and oxygen atoms in total. The van der Waals surface area contributed by atoms with Crippen molar-refractivity contribution in [3.05, 3.63) is 83.6 Å². The highest BCUT2D eigenvalue weighted by atomic mass is 32.1. The van der Waals surface area contributed by atoms with Crippen molar-refractivity contribution in [1.29, 1.82) is 0 Å². The topological polar surface area (TPSA) is 80.2 Å². The standard InChI is InChI=1S/C22H23N3O4S/c1-16(18-12-8-5-9-13-18)23-24-22(30)25(15-17-10-6-4-7-11-17)19(21(27)29-3)14-20(26)28-2/h4-14H,15H2,1-3H3,(H,24,30)/b19-14-,23-16+. The van der Waals surface area contributed by atoms with E-state index in [-0.39, 0.29) is 17.4 Å². The molecule has 0 spiro atoms. The maximum absolute atomic E-state index is 12.4. The lowest BCUT2D eigenvalue weighted by molar-refractivity contribution is -0.139. The second kappa shape index (κ2) is 11.5. The third-order valence-corrected chi connectivity index (χ3v) is 4.39. The van der Waals surface area contributed by atoms with Crippen LogP contribution < -0.4 is 5.43 Å². The highest BCUT2D eigenvalue weighted by Gasteiger charge is 2.24. The Morgan fingerprint density at radius 3 is 2.20 bits per heavy atom. The molecule has 2 aromatic carbocycles. The largest absolute Gasteiger partial charge is 0.466 e. The van der Waals surface area contributed by atoms with E-state index < -0.39 is 11.9 Å². The molecule has 2 aromatic rings. The van der Waals surface area contributed by atoms with Crippen molar-refractivity contribution >= 4 is 35.0 Å². The van der Waals surface area contributed by atoms with Crippen molar-refractivity contribution in [3.8, 4) is 0 Å². The molecule has 0 bridgehead atoms. The van der Waals surface area contributed by atoms with Crippen molar-refractivity contribution in [1.82, 2.24) is 10.3 Å². The van der Waals surface area contributed by atoms with E-state index >= 15 is 0 Å². The summed E-state index contributed by atoms with van der Waals surface area (Å²) in [5, 5.41) is 4.43. The zero-order valence-electron chi connectivity index (χ0n) is 17.0. The van der Waals surface area contributed by atoms with Crippen molar-refractivity contribution < 1.29 is 19.1 Å². The number of benzene rings is 2. The molecule has 0 radical (unpaired) electrons. The number of nitrogens with zero attached hydrogens (tertiary/aromatic N) is 2. The van der Waals surface area contributed by atoms with Gasteiger partial charge >= 0.3 is 11.9 Å². The maximum Gasteiger partial charge on any atom is 0.355 e. The average Bonchev–Trinajstić information content (AvgIpc) is 2.79. The lowest BCUT2D eigenvalue weighted by atomic mass is 10.1.